The first-order valence-electron chi connectivity index (χ1n) is 8.32. The Kier molecular flexibility index (Phi) is 5.64. The van der Waals surface area contributed by atoms with E-state index in [1.165, 1.54) is 5.01 Å². The van der Waals surface area contributed by atoms with Gasteiger partial charge in [0.15, 0.2) is 0 Å². The Balaban J connectivity index is 1.77. The Morgan fingerprint density at radius 1 is 1.29 bits per heavy atom. The van der Waals surface area contributed by atoms with Crippen molar-refractivity contribution in [3.05, 3.63) is 52.5 Å². The molecule has 148 valence electrons. The number of aryl methyl sites for hydroxylation is 1. The average molecular weight is 457 g/mol. The molecule has 9 heteroatoms. The SMILES string of the molecule is Cc1cc(Br)ccc1Oc1ccc(N2CC(CC(=O)O)C(C(F)(F)F)=N2)cc1. The molecule has 28 heavy (non-hydrogen) atoms. The molecule has 2 aromatic carbocycles. The molecule has 3 rings (SSSR count). The lowest BCUT2D eigenvalue weighted by Gasteiger charge is -2.16. The zero-order chi connectivity index (χ0) is 20.5. The number of alkyl halides is 3. The van der Waals surface area contributed by atoms with Crippen molar-refractivity contribution in [1.29, 1.82) is 0 Å². The van der Waals surface area contributed by atoms with Crippen LogP contribution < -0.4 is 9.75 Å². The molecule has 0 aromatic heterocycles. The van der Waals surface area contributed by atoms with E-state index in [0.29, 0.717) is 17.2 Å². The Morgan fingerprint density at radius 3 is 2.54 bits per heavy atom. The van der Waals surface area contributed by atoms with E-state index in [4.69, 9.17) is 9.84 Å². The second kappa shape index (κ2) is 7.83. The topological polar surface area (TPSA) is 62.1 Å². The van der Waals surface area contributed by atoms with Gasteiger partial charge in [0.05, 0.1) is 18.7 Å². The maximum atomic E-state index is 13.1. The third-order valence-corrected chi connectivity index (χ3v) is 4.71. The number of rotatable bonds is 5. The monoisotopic (exact) mass is 456 g/mol. The molecule has 0 saturated carbocycles. The smallest absolute Gasteiger partial charge is 0.431 e. The van der Waals surface area contributed by atoms with Crippen molar-refractivity contribution < 1.29 is 27.8 Å². The summed E-state index contributed by atoms with van der Waals surface area (Å²) in [6.45, 7) is 1.75. The number of benzene rings is 2. The van der Waals surface area contributed by atoms with Crippen LogP contribution in [-0.2, 0) is 4.79 Å². The van der Waals surface area contributed by atoms with Gasteiger partial charge < -0.3 is 9.84 Å². The van der Waals surface area contributed by atoms with Crippen LogP contribution in [0.2, 0.25) is 0 Å². The first-order valence-corrected chi connectivity index (χ1v) is 9.12. The molecule has 0 amide bonds. The molecule has 0 spiro atoms. The number of ether oxygens (including phenoxy) is 1. The zero-order valence-electron chi connectivity index (χ0n) is 14.7. The summed E-state index contributed by atoms with van der Waals surface area (Å²) < 4.78 is 46.2. The number of carbonyl (C=O) groups is 1. The number of carboxylic acids is 1. The molecule has 1 heterocycles. The molecule has 1 aliphatic rings. The number of hydrogen-bond donors (Lipinski definition) is 1. The van der Waals surface area contributed by atoms with Crippen LogP contribution in [0.3, 0.4) is 0 Å². The van der Waals surface area contributed by atoms with Crippen molar-refractivity contribution in [3.8, 4) is 11.5 Å². The second-order valence-electron chi connectivity index (χ2n) is 6.37. The molecule has 0 bridgehead atoms. The number of carboxylic acid groups (broad SMARTS) is 1. The molecule has 0 radical (unpaired) electrons. The number of hydrogen-bond acceptors (Lipinski definition) is 4. The van der Waals surface area contributed by atoms with Gasteiger partial charge in [0.25, 0.3) is 0 Å². The fourth-order valence-corrected chi connectivity index (χ4v) is 3.39. The van der Waals surface area contributed by atoms with Crippen LogP contribution in [0.25, 0.3) is 0 Å². The van der Waals surface area contributed by atoms with Gasteiger partial charge in [0.2, 0.25) is 0 Å². The molecule has 5 nitrogen and oxygen atoms in total. The molecule has 2 aromatic rings. The van der Waals surface area contributed by atoms with Crippen LogP contribution in [0.5, 0.6) is 11.5 Å². The molecule has 1 aliphatic heterocycles. The molecule has 0 fully saturated rings. The summed E-state index contributed by atoms with van der Waals surface area (Å²) in [5, 5.41) is 13.7. The third kappa shape index (κ3) is 4.64. The van der Waals surface area contributed by atoms with Gasteiger partial charge in [-0.05, 0) is 55.0 Å². The molecule has 0 aliphatic carbocycles. The van der Waals surface area contributed by atoms with E-state index in [0.717, 1.165) is 10.0 Å². The van der Waals surface area contributed by atoms with Crippen LogP contribution >= 0.6 is 15.9 Å². The van der Waals surface area contributed by atoms with E-state index >= 15 is 0 Å². The van der Waals surface area contributed by atoms with Crippen molar-refractivity contribution in [1.82, 2.24) is 0 Å². The summed E-state index contributed by atoms with van der Waals surface area (Å²) in [4.78, 5) is 10.9. The molecular weight excluding hydrogens is 441 g/mol. The predicted molar refractivity (Wildman–Crippen MR) is 102 cm³/mol. The van der Waals surface area contributed by atoms with Crippen LogP contribution in [0.15, 0.2) is 52.0 Å². The van der Waals surface area contributed by atoms with Crippen LogP contribution in [0.1, 0.15) is 12.0 Å². The van der Waals surface area contributed by atoms with Crippen molar-refractivity contribution in [2.45, 2.75) is 19.5 Å². The highest BCUT2D eigenvalue weighted by Gasteiger charge is 2.46. The van der Waals surface area contributed by atoms with Gasteiger partial charge in [0.1, 0.15) is 17.2 Å². The van der Waals surface area contributed by atoms with E-state index in [2.05, 4.69) is 21.0 Å². The summed E-state index contributed by atoms with van der Waals surface area (Å²) >= 11 is 3.38. The highest BCUT2D eigenvalue weighted by atomic mass is 79.9. The van der Waals surface area contributed by atoms with Crippen molar-refractivity contribution in [2.75, 3.05) is 11.6 Å². The lowest BCUT2D eigenvalue weighted by atomic mass is 10.00. The third-order valence-electron chi connectivity index (χ3n) is 4.22. The minimum atomic E-state index is -4.67. The number of hydrazone groups is 1. The Morgan fingerprint density at radius 2 is 1.96 bits per heavy atom. The van der Waals surface area contributed by atoms with E-state index in [-0.39, 0.29) is 6.54 Å². The van der Waals surface area contributed by atoms with Gasteiger partial charge in [-0.2, -0.15) is 18.3 Å². The fraction of sp³-hybridized carbons (Fsp3) is 0.263. The minimum Gasteiger partial charge on any atom is -0.481 e. The zero-order valence-corrected chi connectivity index (χ0v) is 16.3. The summed E-state index contributed by atoms with van der Waals surface area (Å²) in [5.74, 6) is -1.32. The number of halogens is 4. The van der Waals surface area contributed by atoms with Gasteiger partial charge in [-0.25, -0.2) is 0 Å². The molecule has 1 atom stereocenters. The fourth-order valence-electron chi connectivity index (χ4n) is 2.91. The van der Waals surface area contributed by atoms with Crippen molar-refractivity contribution in [3.63, 3.8) is 0 Å². The molecule has 1 N–H and O–H groups in total. The predicted octanol–water partition coefficient (Wildman–Crippen LogP) is 5.38. The lowest BCUT2D eigenvalue weighted by Crippen LogP contribution is -2.31. The lowest BCUT2D eigenvalue weighted by molar-refractivity contribution is -0.137. The maximum Gasteiger partial charge on any atom is 0.431 e. The van der Waals surface area contributed by atoms with E-state index < -0.39 is 30.2 Å². The summed E-state index contributed by atoms with van der Waals surface area (Å²) in [5.41, 5.74) is 0.282. The first-order chi connectivity index (χ1) is 13.1. The van der Waals surface area contributed by atoms with Crippen LogP contribution in [0, 0.1) is 12.8 Å². The molecule has 1 unspecified atom stereocenters. The number of nitrogens with zero attached hydrogens (tertiary/aromatic N) is 2. The number of aliphatic carboxylic acids is 1. The normalized spacial score (nSPS) is 16.8. The van der Waals surface area contributed by atoms with Crippen LogP contribution in [-0.4, -0.2) is 29.5 Å². The Bertz CT molecular complexity index is 914. The van der Waals surface area contributed by atoms with Gasteiger partial charge in [-0.3, -0.25) is 9.80 Å². The maximum absolute atomic E-state index is 13.1. The van der Waals surface area contributed by atoms with Gasteiger partial charge in [0, 0.05) is 10.4 Å². The number of anilines is 1. The van der Waals surface area contributed by atoms with Crippen molar-refractivity contribution in [2.24, 2.45) is 11.0 Å². The van der Waals surface area contributed by atoms with E-state index in [9.17, 15) is 18.0 Å². The summed E-state index contributed by atoms with van der Waals surface area (Å²) in [6.07, 6.45) is -5.30. The van der Waals surface area contributed by atoms with E-state index in [1.54, 1.807) is 24.3 Å². The minimum absolute atomic E-state index is 0.146. The molecule has 0 saturated heterocycles. The average Bonchev–Trinajstić information content (AvgIpc) is 3.01. The van der Waals surface area contributed by atoms with E-state index in [1.807, 2.05) is 25.1 Å². The van der Waals surface area contributed by atoms with Gasteiger partial charge in [-0.15, -0.1) is 0 Å². The van der Waals surface area contributed by atoms with Gasteiger partial charge >= 0.3 is 12.1 Å². The van der Waals surface area contributed by atoms with Crippen LogP contribution in [0.4, 0.5) is 18.9 Å². The first kappa shape index (κ1) is 20.2. The summed E-state index contributed by atoms with van der Waals surface area (Å²) in [6, 6.07) is 12.0. The standard InChI is InChI=1S/C19H16BrF3N2O3/c1-11-8-13(20)2-7-16(11)28-15-5-3-14(4-6-15)25-10-12(9-17(26)27)18(24-25)19(21,22)23/h2-8,12H,9-10H2,1H3,(H,26,27). The summed E-state index contributed by atoms with van der Waals surface area (Å²) in [7, 11) is 0. The Labute approximate surface area is 167 Å². The highest BCUT2D eigenvalue weighted by molar-refractivity contribution is 9.10. The van der Waals surface area contributed by atoms with Crippen molar-refractivity contribution >= 4 is 33.3 Å². The Hall–Kier alpha value is -2.55. The van der Waals surface area contributed by atoms with Gasteiger partial charge in [-0.1, -0.05) is 15.9 Å². The highest BCUT2D eigenvalue weighted by Crippen LogP contribution is 2.34. The molecular formula is C19H16BrF3N2O3. The quantitative estimate of drug-likeness (QED) is 0.655. The second-order valence-corrected chi connectivity index (χ2v) is 7.28. The largest absolute Gasteiger partial charge is 0.481 e.